The molecule has 0 aromatic carbocycles. The summed E-state index contributed by atoms with van der Waals surface area (Å²) in [5, 5.41) is 5.34. The number of imide groups is 1. The van der Waals surface area contributed by atoms with Gasteiger partial charge in [0.05, 0.1) is 23.4 Å². The maximum Gasteiger partial charge on any atom is 0.290 e. The average molecular weight is 399 g/mol. The number of hydrogen-bond acceptors (Lipinski definition) is 8. The van der Waals surface area contributed by atoms with E-state index in [2.05, 4.69) is 25.5 Å². The zero-order valence-electron chi connectivity index (χ0n) is 15.3. The summed E-state index contributed by atoms with van der Waals surface area (Å²) < 4.78 is 5.33. The lowest BCUT2D eigenvalue weighted by Gasteiger charge is -2.32. The molecule has 2 fully saturated rings. The van der Waals surface area contributed by atoms with E-state index in [1.165, 1.54) is 0 Å². The molecule has 9 heteroatoms. The van der Waals surface area contributed by atoms with Gasteiger partial charge in [0.15, 0.2) is 0 Å². The van der Waals surface area contributed by atoms with Crippen molar-refractivity contribution < 1.29 is 14.0 Å². The Labute approximate surface area is 166 Å². The van der Waals surface area contributed by atoms with Crippen LogP contribution in [0.4, 0.5) is 10.7 Å². The van der Waals surface area contributed by atoms with E-state index in [9.17, 15) is 9.59 Å². The Balaban J connectivity index is 1.30. The third-order valence-corrected chi connectivity index (χ3v) is 5.61. The number of carbonyl (C=O) groups is 2. The molecule has 8 nitrogen and oxygen atoms in total. The van der Waals surface area contributed by atoms with Gasteiger partial charge in [-0.1, -0.05) is 0 Å². The van der Waals surface area contributed by atoms with Crippen LogP contribution in [-0.2, 0) is 11.3 Å². The van der Waals surface area contributed by atoms with Crippen LogP contribution in [0.15, 0.2) is 40.0 Å². The Kier molecular flexibility index (Phi) is 5.73. The number of thioether (sulfide) groups is 1. The molecule has 2 N–H and O–H groups in total. The lowest BCUT2D eigenvalue weighted by atomic mass is 9.97. The number of rotatable bonds is 6. The average Bonchev–Trinajstić information content (AvgIpc) is 3.32. The fourth-order valence-electron chi connectivity index (χ4n) is 3.30. The fraction of sp³-hybridized carbons (Fsp3) is 0.368. The van der Waals surface area contributed by atoms with Crippen LogP contribution in [0, 0.1) is 5.92 Å². The molecule has 2 aliphatic heterocycles. The lowest BCUT2D eigenvalue weighted by Crippen LogP contribution is -2.38. The molecule has 2 saturated heterocycles. The maximum atomic E-state index is 11.7. The molecular formula is C19H21N5O3S. The third kappa shape index (κ3) is 4.60. The standard InChI is InChI=1S/C19H21N5O3S/c25-17-16(28-19(26)23-17)10-14-3-6-21-18(22-14)24-7-4-13(5-8-24)11-20-12-15-2-1-9-27-15/h1-3,6,9-10,13,20H,4-5,7-8,11-12H2,(H,23,25,26)/b16-10-. The molecule has 0 aliphatic carbocycles. The summed E-state index contributed by atoms with van der Waals surface area (Å²) in [7, 11) is 0. The molecule has 2 amide bonds. The highest BCUT2D eigenvalue weighted by molar-refractivity contribution is 8.18. The van der Waals surface area contributed by atoms with E-state index in [1.807, 2.05) is 12.1 Å². The van der Waals surface area contributed by atoms with Gasteiger partial charge in [-0.15, -0.1) is 0 Å². The molecule has 146 valence electrons. The highest BCUT2D eigenvalue weighted by Crippen LogP contribution is 2.26. The minimum atomic E-state index is -0.377. The van der Waals surface area contributed by atoms with E-state index < -0.39 is 0 Å². The molecule has 2 aliphatic rings. The summed E-state index contributed by atoms with van der Waals surface area (Å²) in [5.41, 5.74) is 0.625. The van der Waals surface area contributed by atoms with E-state index in [0.29, 0.717) is 22.5 Å². The van der Waals surface area contributed by atoms with Crippen molar-refractivity contribution in [3.63, 3.8) is 0 Å². The van der Waals surface area contributed by atoms with Crippen molar-refractivity contribution in [2.24, 2.45) is 5.92 Å². The van der Waals surface area contributed by atoms with Crippen molar-refractivity contribution in [1.82, 2.24) is 20.6 Å². The Morgan fingerprint density at radius 2 is 2.18 bits per heavy atom. The SMILES string of the molecule is O=C1NC(=O)/C(=C/c2ccnc(N3CCC(CNCc4ccco4)CC3)n2)S1. The second-order valence-corrected chi connectivity index (χ2v) is 7.79. The molecule has 2 aromatic heterocycles. The minimum Gasteiger partial charge on any atom is -0.468 e. The highest BCUT2D eigenvalue weighted by atomic mass is 32.2. The number of nitrogens with zero attached hydrogens (tertiary/aromatic N) is 3. The van der Waals surface area contributed by atoms with Crippen molar-refractivity contribution in [3.05, 3.63) is 47.0 Å². The topological polar surface area (TPSA) is 100 Å². The number of amides is 2. The van der Waals surface area contributed by atoms with Crippen molar-refractivity contribution in [2.75, 3.05) is 24.5 Å². The Morgan fingerprint density at radius 1 is 1.32 bits per heavy atom. The molecule has 28 heavy (non-hydrogen) atoms. The number of piperidine rings is 1. The van der Waals surface area contributed by atoms with Crippen molar-refractivity contribution in [1.29, 1.82) is 0 Å². The van der Waals surface area contributed by atoms with E-state index in [-0.39, 0.29) is 11.1 Å². The van der Waals surface area contributed by atoms with Crippen LogP contribution < -0.4 is 15.5 Å². The first kappa shape index (κ1) is 18.7. The van der Waals surface area contributed by atoms with Crippen LogP contribution in [-0.4, -0.2) is 40.7 Å². The van der Waals surface area contributed by atoms with Gasteiger partial charge in [-0.3, -0.25) is 14.9 Å². The number of carbonyl (C=O) groups excluding carboxylic acids is 2. The van der Waals surface area contributed by atoms with Crippen molar-refractivity contribution >= 4 is 34.9 Å². The van der Waals surface area contributed by atoms with Crippen LogP contribution >= 0.6 is 11.8 Å². The Bertz CT molecular complexity index is 875. The first-order valence-corrected chi connectivity index (χ1v) is 10.0. The lowest BCUT2D eigenvalue weighted by molar-refractivity contribution is -0.115. The van der Waals surface area contributed by atoms with Gasteiger partial charge in [0, 0.05) is 19.3 Å². The Hall–Kier alpha value is -2.65. The molecule has 4 heterocycles. The molecular weight excluding hydrogens is 378 g/mol. The second-order valence-electron chi connectivity index (χ2n) is 6.77. The van der Waals surface area contributed by atoms with E-state index >= 15 is 0 Å². The van der Waals surface area contributed by atoms with Crippen molar-refractivity contribution in [3.8, 4) is 0 Å². The zero-order valence-corrected chi connectivity index (χ0v) is 16.1. The molecule has 4 rings (SSSR count). The molecule has 0 bridgehead atoms. The number of hydrogen-bond donors (Lipinski definition) is 2. The second kappa shape index (κ2) is 8.57. The van der Waals surface area contributed by atoms with Gasteiger partial charge in [-0.2, -0.15) is 0 Å². The van der Waals surface area contributed by atoms with Crippen LogP contribution in [0.5, 0.6) is 0 Å². The van der Waals surface area contributed by atoms with Crippen LogP contribution in [0.2, 0.25) is 0 Å². The van der Waals surface area contributed by atoms with Crippen molar-refractivity contribution in [2.45, 2.75) is 19.4 Å². The van der Waals surface area contributed by atoms with Crippen LogP contribution in [0.25, 0.3) is 6.08 Å². The predicted octanol–water partition coefficient (Wildman–Crippen LogP) is 2.40. The summed E-state index contributed by atoms with van der Waals surface area (Å²) in [6.07, 6.45) is 7.13. The van der Waals surface area contributed by atoms with Gasteiger partial charge in [-0.05, 0) is 61.3 Å². The molecule has 0 radical (unpaired) electrons. The summed E-state index contributed by atoms with van der Waals surface area (Å²) >= 11 is 0.891. The molecule has 0 atom stereocenters. The third-order valence-electron chi connectivity index (χ3n) is 4.80. The summed E-state index contributed by atoms with van der Waals surface area (Å²) in [6, 6.07) is 5.60. The van der Waals surface area contributed by atoms with Gasteiger partial charge in [0.1, 0.15) is 5.76 Å². The molecule has 0 unspecified atom stereocenters. The van der Waals surface area contributed by atoms with Crippen LogP contribution in [0.3, 0.4) is 0 Å². The van der Waals surface area contributed by atoms with Gasteiger partial charge < -0.3 is 14.6 Å². The van der Waals surface area contributed by atoms with E-state index in [1.54, 1.807) is 24.6 Å². The number of furan rings is 1. The zero-order chi connectivity index (χ0) is 19.3. The Morgan fingerprint density at radius 3 is 2.89 bits per heavy atom. The number of aromatic nitrogens is 2. The number of anilines is 1. The highest BCUT2D eigenvalue weighted by Gasteiger charge is 2.25. The first-order valence-electron chi connectivity index (χ1n) is 9.23. The molecule has 0 spiro atoms. The van der Waals surface area contributed by atoms with E-state index in [0.717, 1.165) is 56.5 Å². The number of nitrogens with one attached hydrogen (secondary N) is 2. The fourth-order valence-corrected chi connectivity index (χ4v) is 3.97. The summed E-state index contributed by atoms with van der Waals surface area (Å²) in [4.78, 5) is 34.4. The minimum absolute atomic E-state index is 0.353. The van der Waals surface area contributed by atoms with E-state index in [4.69, 9.17) is 4.42 Å². The van der Waals surface area contributed by atoms with Gasteiger partial charge in [0.2, 0.25) is 5.95 Å². The smallest absolute Gasteiger partial charge is 0.290 e. The summed E-state index contributed by atoms with van der Waals surface area (Å²) in [5.74, 6) is 1.85. The normalized spacial score (nSPS) is 19.4. The van der Waals surface area contributed by atoms with Gasteiger partial charge in [-0.25, -0.2) is 9.97 Å². The molecule has 2 aromatic rings. The first-order chi connectivity index (χ1) is 13.7. The maximum absolute atomic E-state index is 11.7. The van der Waals surface area contributed by atoms with Gasteiger partial charge >= 0.3 is 0 Å². The van der Waals surface area contributed by atoms with Gasteiger partial charge in [0.25, 0.3) is 11.1 Å². The predicted molar refractivity (Wildman–Crippen MR) is 106 cm³/mol. The summed E-state index contributed by atoms with van der Waals surface area (Å²) in [6.45, 7) is 3.49. The monoisotopic (exact) mass is 399 g/mol. The largest absolute Gasteiger partial charge is 0.468 e. The molecule has 0 saturated carbocycles. The quantitative estimate of drug-likeness (QED) is 0.714. The van der Waals surface area contributed by atoms with Crippen LogP contribution in [0.1, 0.15) is 24.3 Å².